The van der Waals surface area contributed by atoms with Crippen molar-refractivity contribution in [2.24, 2.45) is 0 Å². The lowest BCUT2D eigenvalue weighted by molar-refractivity contribution is 0.0982. The Hall–Kier alpha value is -2.92. The molecule has 0 saturated heterocycles. The molecule has 0 aromatic heterocycles. The number of hydrogen-bond donors (Lipinski definition) is 0. The Kier molecular flexibility index (Phi) is 7.19. The molecule has 0 heterocycles. The average Bonchev–Trinajstić information content (AvgIpc) is 2.79. The maximum absolute atomic E-state index is 12.9. The quantitative estimate of drug-likeness (QED) is 0.330. The van der Waals surface area contributed by atoms with Crippen LogP contribution in [0.2, 0.25) is 0 Å². The van der Waals surface area contributed by atoms with E-state index < -0.39 is 0 Å². The Morgan fingerprint density at radius 1 is 0.828 bits per heavy atom. The van der Waals surface area contributed by atoms with Gasteiger partial charge in [0.2, 0.25) is 0 Å². The summed E-state index contributed by atoms with van der Waals surface area (Å²) in [6.45, 7) is 0. The van der Waals surface area contributed by atoms with Gasteiger partial charge in [0.25, 0.3) is 0 Å². The molecule has 3 aromatic rings. The molecule has 0 unspecified atom stereocenters. The summed E-state index contributed by atoms with van der Waals surface area (Å²) in [6.07, 6.45) is 0.384. The van der Waals surface area contributed by atoms with Crippen LogP contribution >= 0.6 is 11.8 Å². The summed E-state index contributed by atoms with van der Waals surface area (Å²) in [5.74, 6) is 2.18. The first-order chi connectivity index (χ1) is 14.1. The van der Waals surface area contributed by atoms with Crippen molar-refractivity contribution in [1.29, 1.82) is 0 Å². The maximum Gasteiger partial charge on any atom is 0.164 e. The van der Waals surface area contributed by atoms with Crippen molar-refractivity contribution in [3.8, 4) is 17.2 Å². The number of carbonyl (C=O) groups is 1. The maximum atomic E-state index is 12.9. The molecule has 0 saturated carbocycles. The lowest BCUT2D eigenvalue weighted by Crippen LogP contribution is -2.05. The molecule has 0 bridgehead atoms. The fourth-order valence-electron chi connectivity index (χ4n) is 3.01. The van der Waals surface area contributed by atoms with Gasteiger partial charge in [0.15, 0.2) is 17.3 Å². The number of methoxy groups -OCH3 is 3. The van der Waals surface area contributed by atoms with Crippen LogP contribution in [0.25, 0.3) is 0 Å². The standard InChI is InChI=1S/C24H24O4S/c1-26-19-11-9-17(10-12-19)21(25)16-24(18-7-5-4-6-8-18)29-20-13-14-22(27-2)23(15-20)28-3/h4-15,24H,16H2,1-3H3/t24-/m1/s1. The van der Waals surface area contributed by atoms with Gasteiger partial charge in [-0.25, -0.2) is 0 Å². The largest absolute Gasteiger partial charge is 0.497 e. The zero-order valence-corrected chi connectivity index (χ0v) is 17.6. The van der Waals surface area contributed by atoms with Gasteiger partial charge >= 0.3 is 0 Å². The van der Waals surface area contributed by atoms with Crippen molar-refractivity contribution in [3.05, 3.63) is 83.9 Å². The highest BCUT2D eigenvalue weighted by molar-refractivity contribution is 7.99. The summed E-state index contributed by atoms with van der Waals surface area (Å²) in [7, 11) is 4.85. The molecular formula is C24H24O4S. The molecule has 0 aliphatic rings. The first kappa shape index (κ1) is 20.8. The second kappa shape index (κ2) is 10.0. The summed E-state index contributed by atoms with van der Waals surface area (Å²) in [5.41, 5.74) is 1.79. The van der Waals surface area contributed by atoms with Crippen LogP contribution in [0.5, 0.6) is 17.2 Å². The summed E-state index contributed by atoms with van der Waals surface area (Å²) in [6, 6.07) is 23.1. The Balaban J connectivity index is 1.84. The van der Waals surface area contributed by atoms with Crippen LogP contribution in [-0.4, -0.2) is 27.1 Å². The highest BCUT2D eigenvalue weighted by Gasteiger charge is 2.19. The SMILES string of the molecule is COc1ccc(C(=O)C[C@@H](Sc2ccc(OC)c(OC)c2)c2ccccc2)cc1. The molecule has 0 N–H and O–H groups in total. The van der Waals surface area contributed by atoms with Crippen molar-refractivity contribution in [2.45, 2.75) is 16.6 Å². The minimum atomic E-state index is -0.0242. The van der Waals surface area contributed by atoms with Crippen LogP contribution in [0.1, 0.15) is 27.6 Å². The predicted molar refractivity (Wildman–Crippen MR) is 117 cm³/mol. The van der Waals surface area contributed by atoms with E-state index >= 15 is 0 Å². The van der Waals surface area contributed by atoms with E-state index in [1.54, 1.807) is 33.1 Å². The summed E-state index contributed by atoms with van der Waals surface area (Å²) < 4.78 is 15.9. The molecule has 0 spiro atoms. The van der Waals surface area contributed by atoms with Gasteiger partial charge in [-0.05, 0) is 48.0 Å². The van der Waals surface area contributed by atoms with E-state index in [0.717, 1.165) is 16.2 Å². The van der Waals surface area contributed by atoms with E-state index in [1.165, 1.54) is 0 Å². The smallest absolute Gasteiger partial charge is 0.164 e. The van der Waals surface area contributed by atoms with Gasteiger partial charge in [0.1, 0.15) is 5.75 Å². The van der Waals surface area contributed by atoms with Gasteiger partial charge in [-0.1, -0.05) is 30.3 Å². The third-order valence-corrected chi connectivity index (χ3v) is 5.84. The van der Waals surface area contributed by atoms with Gasteiger partial charge in [-0.2, -0.15) is 0 Å². The van der Waals surface area contributed by atoms with E-state index in [1.807, 2.05) is 60.7 Å². The zero-order valence-electron chi connectivity index (χ0n) is 16.8. The van der Waals surface area contributed by atoms with E-state index in [4.69, 9.17) is 14.2 Å². The van der Waals surface area contributed by atoms with Crippen molar-refractivity contribution in [2.75, 3.05) is 21.3 Å². The first-order valence-electron chi connectivity index (χ1n) is 9.25. The van der Waals surface area contributed by atoms with E-state index in [-0.39, 0.29) is 11.0 Å². The summed E-state index contributed by atoms with van der Waals surface area (Å²) in [4.78, 5) is 14.0. The van der Waals surface area contributed by atoms with Gasteiger partial charge in [-0.15, -0.1) is 11.8 Å². The Labute approximate surface area is 175 Å². The highest BCUT2D eigenvalue weighted by Crippen LogP contribution is 2.41. The van der Waals surface area contributed by atoms with Crippen LogP contribution in [0.3, 0.4) is 0 Å². The van der Waals surface area contributed by atoms with Crippen LogP contribution < -0.4 is 14.2 Å². The predicted octanol–water partition coefficient (Wildman–Crippen LogP) is 5.82. The molecule has 0 amide bonds. The topological polar surface area (TPSA) is 44.8 Å². The van der Waals surface area contributed by atoms with E-state index in [2.05, 4.69) is 12.1 Å². The molecule has 1 atom stereocenters. The van der Waals surface area contributed by atoms with Crippen molar-refractivity contribution >= 4 is 17.5 Å². The van der Waals surface area contributed by atoms with Crippen molar-refractivity contribution in [1.82, 2.24) is 0 Å². The molecule has 5 heteroatoms. The van der Waals surface area contributed by atoms with Gasteiger partial charge in [-0.3, -0.25) is 4.79 Å². The number of carbonyl (C=O) groups excluding carboxylic acids is 1. The molecular weight excluding hydrogens is 384 g/mol. The molecule has 0 aliphatic heterocycles. The fraction of sp³-hybridized carbons (Fsp3) is 0.208. The number of benzene rings is 3. The molecule has 150 valence electrons. The van der Waals surface area contributed by atoms with Crippen LogP contribution in [-0.2, 0) is 0 Å². The number of Topliss-reactive ketones (excluding diaryl/α,β-unsaturated/α-hetero) is 1. The molecule has 3 aromatic carbocycles. The third-order valence-electron chi connectivity index (χ3n) is 4.59. The molecule has 0 fully saturated rings. The van der Waals surface area contributed by atoms with Gasteiger partial charge in [0.05, 0.1) is 21.3 Å². The lowest BCUT2D eigenvalue weighted by atomic mass is 10.0. The molecule has 0 radical (unpaired) electrons. The second-order valence-corrected chi connectivity index (χ2v) is 7.67. The Morgan fingerprint density at radius 3 is 2.14 bits per heavy atom. The summed E-state index contributed by atoms with van der Waals surface area (Å²) in [5, 5.41) is -0.0242. The molecule has 29 heavy (non-hydrogen) atoms. The molecule has 0 aliphatic carbocycles. The molecule has 4 nitrogen and oxygen atoms in total. The monoisotopic (exact) mass is 408 g/mol. The number of ether oxygens (including phenoxy) is 3. The third kappa shape index (κ3) is 5.33. The molecule has 3 rings (SSSR count). The van der Waals surface area contributed by atoms with Crippen LogP contribution in [0.15, 0.2) is 77.7 Å². The Morgan fingerprint density at radius 2 is 1.52 bits per heavy atom. The zero-order chi connectivity index (χ0) is 20.6. The van der Waals surface area contributed by atoms with E-state index in [9.17, 15) is 4.79 Å². The van der Waals surface area contributed by atoms with Gasteiger partial charge < -0.3 is 14.2 Å². The number of rotatable bonds is 9. The number of ketones is 1. The minimum absolute atomic E-state index is 0.0242. The number of thioether (sulfide) groups is 1. The lowest BCUT2D eigenvalue weighted by Gasteiger charge is -2.18. The number of hydrogen-bond acceptors (Lipinski definition) is 5. The summed E-state index contributed by atoms with van der Waals surface area (Å²) >= 11 is 1.64. The first-order valence-corrected chi connectivity index (χ1v) is 10.1. The van der Waals surface area contributed by atoms with Crippen LogP contribution in [0.4, 0.5) is 0 Å². The Bertz CT molecular complexity index is 939. The second-order valence-electron chi connectivity index (χ2n) is 6.39. The van der Waals surface area contributed by atoms with Gasteiger partial charge in [0, 0.05) is 22.1 Å². The van der Waals surface area contributed by atoms with E-state index in [0.29, 0.717) is 23.5 Å². The highest BCUT2D eigenvalue weighted by atomic mass is 32.2. The normalized spacial score (nSPS) is 11.6. The van der Waals surface area contributed by atoms with Crippen LogP contribution in [0, 0.1) is 0 Å². The van der Waals surface area contributed by atoms with Crippen molar-refractivity contribution < 1.29 is 19.0 Å². The fourth-order valence-corrected chi connectivity index (χ4v) is 4.19. The average molecular weight is 409 g/mol. The van der Waals surface area contributed by atoms with Crippen molar-refractivity contribution in [3.63, 3.8) is 0 Å². The minimum Gasteiger partial charge on any atom is -0.497 e.